The Morgan fingerprint density at radius 2 is 1.55 bits per heavy atom. The number of ether oxygens (including phenoxy) is 1. The highest BCUT2D eigenvalue weighted by Crippen LogP contribution is 2.14. The Hall–Kier alpha value is -3.88. The van der Waals surface area contributed by atoms with Crippen molar-refractivity contribution < 1.29 is 23.9 Å². The Morgan fingerprint density at radius 1 is 0.903 bits per heavy atom. The van der Waals surface area contributed by atoms with Crippen molar-refractivity contribution in [2.24, 2.45) is 5.73 Å². The van der Waals surface area contributed by atoms with Crippen LogP contribution >= 0.6 is 0 Å². The van der Waals surface area contributed by atoms with E-state index in [-0.39, 0.29) is 19.0 Å². The zero-order valence-electron chi connectivity index (χ0n) is 17.7. The molecule has 9 nitrogen and oxygen atoms in total. The molecule has 9 heteroatoms. The van der Waals surface area contributed by atoms with Gasteiger partial charge in [-0.1, -0.05) is 18.2 Å². The van der Waals surface area contributed by atoms with Crippen LogP contribution in [-0.2, 0) is 16.1 Å². The molecule has 31 heavy (non-hydrogen) atoms. The number of rotatable bonds is 7. The first-order valence-corrected chi connectivity index (χ1v) is 9.57. The standard InChI is InChI=1S/C22H26N4O5/c1-22(2,3)31-21(30)26-17-6-4-5-16(11-17)20(29)24-12-14-7-9-15(10-8-14)19(28)25-13-18(23)27/h4-11H,12-13H2,1-3H3,(H2,23,27)(H,24,29)(H,25,28)(H,26,30). The highest BCUT2D eigenvalue weighted by molar-refractivity contribution is 5.97. The molecule has 0 saturated carbocycles. The third kappa shape index (κ3) is 8.17. The van der Waals surface area contributed by atoms with Crippen LogP contribution in [0, 0.1) is 0 Å². The number of nitrogens with two attached hydrogens (primary N) is 1. The van der Waals surface area contributed by atoms with Crippen molar-refractivity contribution in [3.05, 3.63) is 65.2 Å². The lowest BCUT2D eigenvalue weighted by atomic mass is 10.1. The van der Waals surface area contributed by atoms with Gasteiger partial charge in [-0.15, -0.1) is 0 Å². The van der Waals surface area contributed by atoms with E-state index in [2.05, 4.69) is 16.0 Å². The average molecular weight is 426 g/mol. The Labute approximate surface area is 180 Å². The summed E-state index contributed by atoms with van der Waals surface area (Å²) in [7, 11) is 0. The van der Waals surface area contributed by atoms with Crippen molar-refractivity contribution in [2.45, 2.75) is 32.9 Å². The van der Waals surface area contributed by atoms with Crippen molar-refractivity contribution in [3.63, 3.8) is 0 Å². The smallest absolute Gasteiger partial charge is 0.412 e. The summed E-state index contributed by atoms with van der Waals surface area (Å²) in [6.07, 6.45) is -0.606. The molecule has 0 spiro atoms. The van der Waals surface area contributed by atoms with Gasteiger partial charge in [-0.2, -0.15) is 0 Å². The fourth-order valence-electron chi connectivity index (χ4n) is 2.49. The van der Waals surface area contributed by atoms with Crippen LogP contribution in [0.4, 0.5) is 10.5 Å². The Bertz CT molecular complexity index is 965. The molecule has 0 unspecified atom stereocenters. The van der Waals surface area contributed by atoms with E-state index in [1.165, 1.54) is 0 Å². The maximum absolute atomic E-state index is 12.4. The minimum absolute atomic E-state index is 0.238. The molecule has 0 aliphatic carbocycles. The van der Waals surface area contributed by atoms with Crippen LogP contribution in [0.5, 0.6) is 0 Å². The predicted octanol–water partition coefficient (Wildman–Crippen LogP) is 2.18. The number of hydrogen-bond acceptors (Lipinski definition) is 5. The maximum Gasteiger partial charge on any atom is 0.412 e. The van der Waals surface area contributed by atoms with Crippen molar-refractivity contribution in [2.75, 3.05) is 11.9 Å². The predicted molar refractivity (Wildman–Crippen MR) is 115 cm³/mol. The topological polar surface area (TPSA) is 140 Å². The van der Waals surface area contributed by atoms with E-state index in [4.69, 9.17) is 10.5 Å². The summed E-state index contributed by atoms with van der Waals surface area (Å²) in [5.41, 5.74) is 6.33. The Balaban J connectivity index is 1.92. The van der Waals surface area contributed by atoms with E-state index in [0.29, 0.717) is 16.8 Å². The Morgan fingerprint density at radius 3 is 2.16 bits per heavy atom. The number of nitrogens with one attached hydrogen (secondary N) is 3. The number of carbonyl (C=O) groups excluding carboxylic acids is 4. The zero-order valence-corrected chi connectivity index (χ0v) is 17.7. The molecule has 0 aliphatic rings. The van der Waals surface area contributed by atoms with Crippen molar-refractivity contribution in [1.29, 1.82) is 0 Å². The second kappa shape index (κ2) is 10.2. The van der Waals surface area contributed by atoms with E-state index in [9.17, 15) is 19.2 Å². The van der Waals surface area contributed by atoms with Crippen LogP contribution in [0.25, 0.3) is 0 Å². The summed E-state index contributed by atoms with van der Waals surface area (Å²) in [6, 6.07) is 13.0. The summed E-state index contributed by atoms with van der Waals surface area (Å²) in [4.78, 5) is 46.9. The van der Waals surface area contributed by atoms with Crippen LogP contribution in [-0.4, -0.2) is 36.0 Å². The average Bonchev–Trinajstić information content (AvgIpc) is 2.69. The van der Waals surface area contributed by atoms with Gasteiger partial charge in [-0.3, -0.25) is 19.7 Å². The molecule has 0 radical (unpaired) electrons. The number of anilines is 1. The first-order valence-electron chi connectivity index (χ1n) is 9.57. The molecule has 4 amide bonds. The van der Waals surface area contributed by atoms with Gasteiger partial charge in [0.15, 0.2) is 0 Å². The van der Waals surface area contributed by atoms with Crippen LogP contribution in [0.2, 0.25) is 0 Å². The summed E-state index contributed by atoms with van der Waals surface area (Å²) >= 11 is 0. The van der Waals surface area contributed by atoms with Gasteiger partial charge in [-0.25, -0.2) is 4.79 Å². The summed E-state index contributed by atoms with van der Waals surface area (Å²) < 4.78 is 5.20. The summed E-state index contributed by atoms with van der Waals surface area (Å²) in [6.45, 7) is 5.29. The highest BCUT2D eigenvalue weighted by atomic mass is 16.6. The molecule has 164 valence electrons. The normalized spacial score (nSPS) is 10.7. The molecular formula is C22H26N4O5. The van der Waals surface area contributed by atoms with Crippen LogP contribution in [0.1, 0.15) is 47.1 Å². The minimum atomic E-state index is -0.628. The van der Waals surface area contributed by atoms with Gasteiger partial charge in [0.25, 0.3) is 11.8 Å². The van der Waals surface area contributed by atoms with Crippen LogP contribution < -0.4 is 21.7 Å². The van der Waals surface area contributed by atoms with Gasteiger partial charge in [0.2, 0.25) is 5.91 Å². The fourth-order valence-corrected chi connectivity index (χ4v) is 2.49. The van der Waals surface area contributed by atoms with Gasteiger partial charge in [-0.05, 0) is 56.7 Å². The van der Waals surface area contributed by atoms with Crippen molar-refractivity contribution in [1.82, 2.24) is 10.6 Å². The SMILES string of the molecule is CC(C)(C)OC(=O)Nc1cccc(C(=O)NCc2ccc(C(=O)NCC(N)=O)cc2)c1. The molecular weight excluding hydrogens is 400 g/mol. The molecule has 2 aromatic carbocycles. The van der Waals surface area contributed by atoms with E-state index in [0.717, 1.165) is 5.56 Å². The lowest BCUT2D eigenvalue weighted by molar-refractivity contribution is -0.117. The molecule has 0 atom stereocenters. The molecule has 0 aliphatic heterocycles. The molecule has 2 rings (SSSR count). The molecule has 5 N–H and O–H groups in total. The van der Waals surface area contributed by atoms with Gasteiger partial charge in [0.05, 0.1) is 6.54 Å². The third-order valence-corrected chi connectivity index (χ3v) is 3.86. The molecule has 0 fully saturated rings. The zero-order chi connectivity index (χ0) is 23.0. The second-order valence-electron chi connectivity index (χ2n) is 7.74. The van der Waals surface area contributed by atoms with Gasteiger partial charge >= 0.3 is 6.09 Å². The lowest BCUT2D eigenvalue weighted by Crippen LogP contribution is -2.33. The molecule has 0 aromatic heterocycles. The summed E-state index contributed by atoms with van der Waals surface area (Å²) in [5, 5.41) is 7.77. The third-order valence-electron chi connectivity index (χ3n) is 3.86. The van der Waals surface area contributed by atoms with E-state index >= 15 is 0 Å². The van der Waals surface area contributed by atoms with Crippen molar-refractivity contribution >= 4 is 29.5 Å². The quantitative estimate of drug-likeness (QED) is 0.537. The number of hydrogen-bond donors (Lipinski definition) is 4. The van der Waals surface area contributed by atoms with Crippen LogP contribution in [0.3, 0.4) is 0 Å². The minimum Gasteiger partial charge on any atom is -0.444 e. The highest BCUT2D eigenvalue weighted by Gasteiger charge is 2.16. The maximum atomic E-state index is 12.4. The van der Waals surface area contributed by atoms with Gasteiger partial charge < -0.3 is 21.1 Å². The number of amides is 4. The lowest BCUT2D eigenvalue weighted by Gasteiger charge is -2.19. The summed E-state index contributed by atoms with van der Waals surface area (Å²) in [5.74, 6) is -1.36. The monoisotopic (exact) mass is 426 g/mol. The van der Waals surface area contributed by atoms with Gasteiger partial charge in [0, 0.05) is 23.4 Å². The van der Waals surface area contributed by atoms with Gasteiger partial charge in [0.1, 0.15) is 5.60 Å². The molecule has 2 aromatic rings. The first kappa shape index (κ1) is 23.4. The van der Waals surface area contributed by atoms with E-state index in [1.54, 1.807) is 69.3 Å². The largest absolute Gasteiger partial charge is 0.444 e. The van der Waals surface area contributed by atoms with E-state index in [1.807, 2.05) is 0 Å². The van der Waals surface area contributed by atoms with Crippen molar-refractivity contribution in [3.8, 4) is 0 Å². The molecule has 0 saturated heterocycles. The second-order valence-corrected chi connectivity index (χ2v) is 7.74. The van der Waals surface area contributed by atoms with E-state index < -0.39 is 23.5 Å². The first-order chi connectivity index (χ1) is 14.5. The molecule has 0 bridgehead atoms. The Kier molecular flexibility index (Phi) is 7.73. The van der Waals surface area contributed by atoms with Crippen LogP contribution in [0.15, 0.2) is 48.5 Å². The fraction of sp³-hybridized carbons (Fsp3) is 0.273. The number of primary amides is 1. The molecule has 0 heterocycles. The number of carbonyl (C=O) groups is 4. The number of benzene rings is 2.